The van der Waals surface area contributed by atoms with Crippen molar-refractivity contribution in [3.05, 3.63) is 29.3 Å². The molecular formula is C25H36N2O3. The topological polar surface area (TPSA) is 60.9 Å². The number of anilines is 1. The Labute approximate surface area is 180 Å². The minimum absolute atomic E-state index is 0.164. The number of piperidine rings is 1. The molecule has 1 amide bonds. The summed E-state index contributed by atoms with van der Waals surface area (Å²) in [6.45, 7) is 3.57. The highest BCUT2D eigenvalue weighted by Gasteiger charge is 2.26. The van der Waals surface area contributed by atoms with Crippen molar-refractivity contribution < 1.29 is 14.7 Å². The third kappa shape index (κ3) is 5.23. The number of carboxylic acids is 1. The smallest absolute Gasteiger partial charge is 0.306 e. The van der Waals surface area contributed by atoms with Crippen LogP contribution in [0, 0.1) is 11.8 Å². The van der Waals surface area contributed by atoms with Gasteiger partial charge in [0.1, 0.15) is 0 Å². The van der Waals surface area contributed by atoms with Gasteiger partial charge in [-0.25, -0.2) is 0 Å². The SMILES string of the molecule is O=C(O)C1CCN(CCc2ccc3c(c2)CCN3C(=O)CCC2CCCCC2)CC1. The van der Waals surface area contributed by atoms with Crippen molar-refractivity contribution in [2.45, 2.75) is 70.6 Å². The molecule has 30 heavy (non-hydrogen) atoms. The maximum absolute atomic E-state index is 12.8. The van der Waals surface area contributed by atoms with Crippen molar-refractivity contribution in [1.82, 2.24) is 4.90 Å². The highest BCUT2D eigenvalue weighted by Crippen LogP contribution is 2.32. The fourth-order valence-electron chi connectivity index (χ4n) is 5.50. The van der Waals surface area contributed by atoms with Gasteiger partial charge in [0.15, 0.2) is 0 Å². The van der Waals surface area contributed by atoms with Crippen LogP contribution in [0.2, 0.25) is 0 Å². The molecular weight excluding hydrogens is 376 g/mol. The first kappa shape index (κ1) is 21.4. The van der Waals surface area contributed by atoms with Crippen LogP contribution in [0.4, 0.5) is 5.69 Å². The second-order valence-electron chi connectivity index (χ2n) is 9.51. The second-order valence-corrected chi connectivity index (χ2v) is 9.51. The van der Waals surface area contributed by atoms with Crippen LogP contribution in [0.5, 0.6) is 0 Å². The number of aliphatic carboxylic acids is 1. The normalized spacial score (nSPS) is 21.0. The van der Waals surface area contributed by atoms with Gasteiger partial charge in [-0.3, -0.25) is 9.59 Å². The molecule has 0 spiro atoms. The first-order valence-electron chi connectivity index (χ1n) is 12.0. The monoisotopic (exact) mass is 412 g/mol. The van der Waals surface area contributed by atoms with Gasteiger partial charge in [-0.15, -0.1) is 0 Å². The number of carbonyl (C=O) groups is 2. The van der Waals surface area contributed by atoms with Crippen LogP contribution in [0.15, 0.2) is 18.2 Å². The Morgan fingerprint density at radius 3 is 2.50 bits per heavy atom. The fourth-order valence-corrected chi connectivity index (χ4v) is 5.50. The fraction of sp³-hybridized carbons (Fsp3) is 0.680. The molecule has 1 saturated heterocycles. The van der Waals surface area contributed by atoms with E-state index in [0.29, 0.717) is 12.3 Å². The van der Waals surface area contributed by atoms with E-state index in [4.69, 9.17) is 5.11 Å². The number of carbonyl (C=O) groups excluding carboxylic acids is 1. The van der Waals surface area contributed by atoms with Crippen molar-refractivity contribution in [3.8, 4) is 0 Å². The summed E-state index contributed by atoms with van der Waals surface area (Å²) in [6.07, 6.45) is 11.9. The number of carboxylic acid groups (broad SMARTS) is 1. The lowest BCUT2D eigenvalue weighted by molar-refractivity contribution is -0.143. The van der Waals surface area contributed by atoms with Crippen LogP contribution in [0.3, 0.4) is 0 Å². The molecule has 1 aliphatic carbocycles. The largest absolute Gasteiger partial charge is 0.481 e. The van der Waals surface area contributed by atoms with Gasteiger partial charge < -0.3 is 14.9 Å². The molecule has 2 fully saturated rings. The molecule has 0 aromatic heterocycles. The molecule has 0 radical (unpaired) electrons. The minimum atomic E-state index is -0.647. The Hall–Kier alpha value is -1.88. The van der Waals surface area contributed by atoms with Gasteiger partial charge in [-0.2, -0.15) is 0 Å². The second kappa shape index (κ2) is 9.95. The van der Waals surface area contributed by atoms with Crippen LogP contribution in [0.1, 0.15) is 68.9 Å². The van der Waals surface area contributed by atoms with E-state index in [0.717, 1.165) is 69.9 Å². The van der Waals surface area contributed by atoms with Gasteiger partial charge in [0.05, 0.1) is 5.92 Å². The van der Waals surface area contributed by atoms with Crippen molar-refractivity contribution in [1.29, 1.82) is 0 Å². The Morgan fingerprint density at radius 1 is 1.00 bits per heavy atom. The summed E-state index contributed by atoms with van der Waals surface area (Å²) < 4.78 is 0. The van der Waals surface area contributed by atoms with Crippen LogP contribution >= 0.6 is 0 Å². The maximum Gasteiger partial charge on any atom is 0.306 e. The number of amides is 1. The van der Waals surface area contributed by atoms with Crippen molar-refractivity contribution in [2.75, 3.05) is 31.1 Å². The number of fused-ring (bicyclic) bond motifs is 1. The van der Waals surface area contributed by atoms with E-state index in [2.05, 4.69) is 23.1 Å². The third-order valence-electron chi connectivity index (χ3n) is 7.49. The number of likely N-dealkylation sites (tertiary alicyclic amines) is 1. The predicted octanol–water partition coefficient (Wildman–Crippen LogP) is 4.28. The number of hydrogen-bond acceptors (Lipinski definition) is 3. The molecule has 1 aromatic rings. The van der Waals surface area contributed by atoms with Crippen molar-refractivity contribution in [2.24, 2.45) is 11.8 Å². The zero-order valence-electron chi connectivity index (χ0n) is 18.2. The molecule has 3 aliphatic rings. The van der Waals surface area contributed by atoms with Crippen molar-refractivity contribution in [3.63, 3.8) is 0 Å². The number of nitrogens with zero attached hydrogens (tertiary/aromatic N) is 2. The number of hydrogen-bond donors (Lipinski definition) is 1. The van der Waals surface area contributed by atoms with E-state index < -0.39 is 5.97 Å². The van der Waals surface area contributed by atoms with Gasteiger partial charge >= 0.3 is 5.97 Å². The first-order chi connectivity index (χ1) is 14.6. The molecule has 5 heteroatoms. The highest BCUT2D eigenvalue weighted by atomic mass is 16.4. The molecule has 5 nitrogen and oxygen atoms in total. The van der Waals surface area contributed by atoms with Crippen LogP contribution < -0.4 is 4.90 Å². The summed E-state index contributed by atoms with van der Waals surface area (Å²) >= 11 is 0. The van der Waals surface area contributed by atoms with E-state index in [-0.39, 0.29) is 5.92 Å². The van der Waals surface area contributed by atoms with Gasteiger partial charge in [0.25, 0.3) is 0 Å². The minimum Gasteiger partial charge on any atom is -0.481 e. The summed E-state index contributed by atoms with van der Waals surface area (Å²) in [5.41, 5.74) is 3.75. The summed E-state index contributed by atoms with van der Waals surface area (Å²) in [6, 6.07) is 6.61. The van der Waals surface area contributed by atoms with Gasteiger partial charge in [-0.05, 0) is 68.3 Å². The van der Waals surface area contributed by atoms with Gasteiger partial charge in [-0.1, -0.05) is 44.2 Å². The Kier molecular flexibility index (Phi) is 7.08. The van der Waals surface area contributed by atoms with E-state index in [1.54, 1.807) is 0 Å². The molecule has 0 bridgehead atoms. The summed E-state index contributed by atoms with van der Waals surface area (Å²) in [4.78, 5) is 28.3. The predicted molar refractivity (Wildman–Crippen MR) is 119 cm³/mol. The summed E-state index contributed by atoms with van der Waals surface area (Å²) in [7, 11) is 0. The summed E-state index contributed by atoms with van der Waals surface area (Å²) in [5, 5.41) is 9.14. The molecule has 2 aliphatic heterocycles. The zero-order valence-corrected chi connectivity index (χ0v) is 18.2. The molecule has 2 heterocycles. The molecule has 164 valence electrons. The van der Waals surface area contributed by atoms with Crippen LogP contribution in [0.25, 0.3) is 0 Å². The Morgan fingerprint density at radius 2 is 1.77 bits per heavy atom. The average Bonchev–Trinajstić information content (AvgIpc) is 3.20. The van der Waals surface area contributed by atoms with E-state index in [1.165, 1.54) is 43.2 Å². The molecule has 1 saturated carbocycles. The maximum atomic E-state index is 12.8. The molecule has 1 N–H and O–H groups in total. The molecule has 0 atom stereocenters. The first-order valence-corrected chi connectivity index (χ1v) is 12.0. The summed E-state index contributed by atoms with van der Waals surface area (Å²) in [5.74, 6) is 0.245. The van der Waals surface area contributed by atoms with E-state index in [1.807, 2.05) is 4.90 Å². The lowest BCUT2D eigenvalue weighted by atomic mass is 9.86. The van der Waals surface area contributed by atoms with Crippen LogP contribution in [-0.4, -0.2) is 48.1 Å². The lowest BCUT2D eigenvalue weighted by Crippen LogP contribution is -2.37. The lowest BCUT2D eigenvalue weighted by Gasteiger charge is -2.30. The Bertz CT molecular complexity index is 749. The molecule has 4 rings (SSSR count). The van der Waals surface area contributed by atoms with Gasteiger partial charge in [0, 0.05) is 25.2 Å². The highest BCUT2D eigenvalue weighted by molar-refractivity contribution is 5.95. The number of benzene rings is 1. The number of rotatable bonds is 7. The molecule has 0 unspecified atom stereocenters. The zero-order chi connectivity index (χ0) is 20.9. The standard InChI is InChI=1S/C25H36N2O3/c28-24(9-7-19-4-2-1-3-5-19)27-17-13-22-18-20(6-8-23(22)27)10-14-26-15-11-21(12-16-26)25(29)30/h6,8,18-19,21H,1-5,7,9-17H2,(H,29,30). The van der Waals surface area contributed by atoms with Crippen LogP contribution in [-0.2, 0) is 22.4 Å². The quantitative estimate of drug-likeness (QED) is 0.726. The Balaban J connectivity index is 1.26. The average molecular weight is 413 g/mol. The van der Waals surface area contributed by atoms with Gasteiger partial charge in [0.2, 0.25) is 5.91 Å². The molecule has 1 aromatic carbocycles. The van der Waals surface area contributed by atoms with E-state index in [9.17, 15) is 9.59 Å². The van der Waals surface area contributed by atoms with Crippen molar-refractivity contribution >= 4 is 17.6 Å². The van der Waals surface area contributed by atoms with E-state index >= 15 is 0 Å². The third-order valence-corrected chi connectivity index (χ3v) is 7.49.